The molecular weight excluding hydrogens is 256 g/mol. The Morgan fingerprint density at radius 1 is 1.50 bits per heavy atom. The Labute approximate surface area is 118 Å². The highest BCUT2D eigenvalue weighted by Gasteiger charge is 2.31. The number of ether oxygens (including phenoxy) is 1. The Balaban J connectivity index is 2.08. The van der Waals surface area contributed by atoms with Crippen molar-refractivity contribution in [3.8, 4) is 5.75 Å². The summed E-state index contributed by atoms with van der Waals surface area (Å²) >= 11 is 0. The Bertz CT molecular complexity index is 528. The van der Waals surface area contributed by atoms with Crippen molar-refractivity contribution in [1.82, 2.24) is 5.32 Å². The smallest absolute Gasteiger partial charge is 0.267 e. The van der Waals surface area contributed by atoms with Crippen LogP contribution in [0.2, 0.25) is 0 Å². The van der Waals surface area contributed by atoms with Crippen LogP contribution < -0.4 is 15.0 Å². The number of para-hydroxylation sites is 2. The molecule has 5 heteroatoms. The summed E-state index contributed by atoms with van der Waals surface area (Å²) in [5.74, 6) is 0.445. The van der Waals surface area contributed by atoms with E-state index < -0.39 is 6.10 Å². The van der Waals surface area contributed by atoms with Crippen molar-refractivity contribution in [3.05, 3.63) is 36.9 Å². The van der Waals surface area contributed by atoms with Gasteiger partial charge in [0.2, 0.25) is 5.91 Å². The number of carbonyl (C=O) groups is 2. The van der Waals surface area contributed by atoms with Gasteiger partial charge in [0.05, 0.1) is 5.69 Å². The second-order valence-corrected chi connectivity index (χ2v) is 4.56. The molecule has 1 heterocycles. The number of rotatable bonds is 5. The van der Waals surface area contributed by atoms with Crippen LogP contribution in [0.25, 0.3) is 0 Å². The van der Waals surface area contributed by atoms with E-state index in [0.717, 1.165) is 0 Å². The standard InChI is InChI=1S/C15H18N2O3/c1-3-9-16-14(18)8-10-17-12-6-4-5-7-13(12)20-11(2)15(17)19/h3-7,11H,1,8-10H2,2H3,(H,16,18). The number of benzene rings is 1. The predicted octanol–water partition coefficient (Wildman–Crippen LogP) is 1.49. The molecule has 2 amide bonds. The van der Waals surface area contributed by atoms with Crippen LogP contribution in [0.4, 0.5) is 5.69 Å². The molecule has 1 aromatic rings. The quantitative estimate of drug-likeness (QED) is 0.828. The van der Waals surface area contributed by atoms with E-state index in [1.807, 2.05) is 24.3 Å². The lowest BCUT2D eigenvalue weighted by molar-refractivity contribution is -0.125. The van der Waals surface area contributed by atoms with Crippen molar-refractivity contribution in [2.45, 2.75) is 19.4 Å². The van der Waals surface area contributed by atoms with Crippen molar-refractivity contribution in [1.29, 1.82) is 0 Å². The summed E-state index contributed by atoms with van der Waals surface area (Å²) in [6, 6.07) is 7.34. The molecule has 1 unspecified atom stereocenters. The van der Waals surface area contributed by atoms with Crippen LogP contribution in [0.1, 0.15) is 13.3 Å². The number of hydrogen-bond donors (Lipinski definition) is 1. The first-order valence-electron chi connectivity index (χ1n) is 6.58. The predicted molar refractivity (Wildman–Crippen MR) is 76.7 cm³/mol. The van der Waals surface area contributed by atoms with Gasteiger partial charge in [0.15, 0.2) is 6.10 Å². The molecule has 0 aromatic heterocycles. The highest BCUT2D eigenvalue weighted by Crippen LogP contribution is 2.33. The molecule has 1 N–H and O–H groups in total. The van der Waals surface area contributed by atoms with E-state index >= 15 is 0 Å². The summed E-state index contributed by atoms with van der Waals surface area (Å²) in [7, 11) is 0. The molecule has 0 fully saturated rings. The zero-order valence-electron chi connectivity index (χ0n) is 11.5. The molecule has 106 valence electrons. The molecular formula is C15H18N2O3. The van der Waals surface area contributed by atoms with Crippen LogP contribution in [0.5, 0.6) is 5.75 Å². The van der Waals surface area contributed by atoms with Crippen molar-refractivity contribution < 1.29 is 14.3 Å². The summed E-state index contributed by atoms with van der Waals surface area (Å²) < 4.78 is 5.54. The minimum atomic E-state index is -0.527. The maximum atomic E-state index is 12.2. The number of hydrogen-bond acceptors (Lipinski definition) is 3. The lowest BCUT2D eigenvalue weighted by Gasteiger charge is -2.32. The van der Waals surface area contributed by atoms with Crippen LogP contribution in [-0.2, 0) is 9.59 Å². The summed E-state index contributed by atoms with van der Waals surface area (Å²) in [6.07, 6.45) is 1.34. The number of fused-ring (bicyclic) bond motifs is 1. The molecule has 0 aliphatic carbocycles. The Morgan fingerprint density at radius 3 is 3.00 bits per heavy atom. The molecule has 1 atom stereocenters. The highest BCUT2D eigenvalue weighted by molar-refractivity contribution is 6.00. The first kappa shape index (κ1) is 14.1. The maximum Gasteiger partial charge on any atom is 0.267 e. The van der Waals surface area contributed by atoms with Gasteiger partial charge in [-0.2, -0.15) is 0 Å². The summed E-state index contributed by atoms with van der Waals surface area (Å²) in [5, 5.41) is 2.70. The van der Waals surface area contributed by atoms with Gasteiger partial charge in [0, 0.05) is 19.5 Å². The van der Waals surface area contributed by atoms with Crippen molar-refractivity contribution in [2.24, 2.45) is 0 Å². The lowest BCUT2D eigenvalue weighted by Crippen LogP contribution is -2.45. The average molecular weight is 274 g/mol. The minimum Gasteiger partial charge on any atom is -0.479 e. The fourth-order valence-electron chi connectivity index (χ4n) is 2.08. The van der Waals surface area contributed by atoms with Gasteiger partial charge in [-0.3, -0.25) is 9.59 Å². The van der Waals surface area contributed by atoms with Crippen molar-refractivity contribution in [2.75, 3.05) is 18.0 Å². The number of amides is 2. The van der Waals surface area contributed by atoms with E-state index in [9.17, 15) is 9.59 Å². The van der Waals surface area contributed by atoms with Gasteiger partial charge in [0.25, 0.3) is 5.91 Å². The van der Waals surface area contributed by atoms with Gasteiger partial charge < -0.3 is 15.0 Å². The van der Waals surface area contributed by atoms with Crippen molar-refractivity contribution in [3.63, 3.8) is 0 Å². The van der Waals surface area contributed by atoms with Gasteiger partial charge in [-0.05, 0) is 19.1 Å². The van der Waals surface area contributed by atoms with Crippen molar-refractivity contribution >= 4 is 17.5 Å². The van der Waals surface area contributed by atoms with E-state index in [1.165, 1.54) is 0 Å². The third kappa shape index (κ3) is 2.99. The summed E-state index contributed by atoms with van der Waals surface area (Å²) in [4.78, 5) is 25.4. The Morgan fingerprint density at radius 2 is 2.25 bits per heavy atom. The molecule has 20 heavy (non-hydrogen) atoms. The number of nitrogens with zero attached hydrogens (tertiary/aromatic N) is 1. The third-order valence-electron chi connectivity index (χ3n) is 3.08. The topological polar surface area (TPSA) is 58.6 Å². The fraction of sp³-hybridized carbons (Fsp3) is 0.333. The molecule has 1 aliphatic rings. The molecule has 1 aromatic carbocycles. The van der Waals surface area contributed by atoms with Gasteiger partial charge in [-0.25, -0.2) is 0 Å². The van der Waals surface area contributed by atoms with E-state index in [0.29, 0.717) is 24.5 Å². The lowest BCUT2D eigenvalue weighted by atomic mass is 10.1. The SMILES string of the molecule is C=CCNC(=O)CCN1C(=O)C(C)Oc2ccccc21. The van der Waals surface area contributed by atoms with Crippen LogP contribution in [0, 0.1) is 0 Å². The largest absolute Gasteiger partial charge is 0.479 e. The molecule has 5 nitrogen and oxygen atoms in total. The second-order valence-electron chi connectivity index (χ2n) is 4.56. The Kier molecular flexibility index (Phi) is 4.40. The van der Waals surface area contributed by atoms with Crippen LogP contribution in [0.3, 0.4) is 0 Å². The fourth-order valence-corrected chi connectivity index (χ4v) is 2.08. The zero-order chi connectivity index (χ0) is 14.5. The first-order chi connectivity index (χ1) is 9.63. The second kappa shape index (κ2) is 6.23. The molecule has 0 saturated carbocycles. The molecule has 0 bridgehead atoms. The monoisotopic (exact) mass is 274 g/mol. The normalized spacial score (nSPS) is 17.1. The number of anilines is 1. The number of carbonyl (C=O) groups excluding carboxylic acids is 2. The van der Waals surface area contributed by atoms with Crippen LogP contribution >= 0.6 is 0 Å². The number of nitrogens with one attached hydrogen (secondary N) is 1. The zero-order valence-corrected chi connectivity index (χ0v) is 11.5. The van der Waals surface area contributed by atoms with Crippen LogP contribution in [0.15, 0.2) is 36.9 Å². The van der Waals surface area contributed by atoms with Gasteiger partial charge in [0.1, 0.15) is 5.75 Å². The van der Waals surface area contributed by atoms with E-state index in [1.54, 1.807) is 17.9 Å². The van der Waals surface area contributed by atoms with E-state index in [2.05, 4.69) is 11.9 Å². The van der Waals surface area contributed by atoms with E-state index in [-0.39, 0.29) is 18.2 Å². The summed E-state index contributed by atoms with van der Waals surface area (Å²) in [6.45, 7) is 6.02. The molecule has 0 saturated heterocycles. The minimum absolute atomic E-state index is 0.102. The van der Waals surface area contributed by atoms with Crippen LogP contribution in [-0.4, -0.2) is 31.0 Å². The average Bonchev–Trinajstić information content (AvgIpc) is 2.45. The highest BCUT2D eigenvalue weighted by atomic mass is 16.5. The molecule has 0 spiro atoms. The first-order valence-corrected chi connectivity index (χ1v) is 6.58. The molecule has 0 radical (unpaired) electrons. The Hall–Kier alpha value is -2.30. The third-order valence-corrected chi connectivity index (χ3v) is 3.08. The van der Waals surface area contributed by atoms with Gasteiger partial charge in [-0.15, -0.1) is 6.58 Å². The maximum absolute atomic E-state index is 12.2. The van der Waals surface area contributed by atoms with E-state index in [4.69, 9.17) is 4.74 Å². The summed E-state index contributed by atoms with van der Waals surface area (Å²) in [5.41, 5.74) is 0.715. The van der Waals surface area contributed by atoms with Gasteiger partial charge in [-0.1, -0.05) is 18.2 Å². The molecule has 1 aliphatic heterocycles. The van der Waals surface area contributed by atoms with Gasteiger partial charge >= 0.3 is 0 Å². The molecule has 2 rings (SSSR count).